The minimum absolute atomic E-state index is 0.116. The van der Waals surface area contributed by atoms with Crippen LogP contribution in [-0.2, 0) is 16.1 Å². The van der Waals surface area contributed by atoms with Gasteiger partial charge in [-0.3, -0.25) is 9.59 Å². The fourth-order valence-electron chi connectivity index (χ4n) is 1.48. The molecule has 0 spiro atoms. The topological polar surface area (TPSA) is 119 Å². The zero-order valence-corrected chi connectivity index (χ0v) is 10.7. The summed E-state index contributed by atoms with van der Waals surface area (Å²) >= 11 is 0. The first-order valence-electron chi connectivity index (χ1n) is 5.81. The van der Waals surface area contributed by atoms with Crippen molar-refractivity contribution >= 4 is 11.9 Å². The Balaban J connectivity index is 2.47. The van der Waals surface area contributed by atoms with Crippen molar-refractivity contribution in [1.82, 2.24) is 14.9 Å². The van der Waals surface area contributed by atoms with E-state index >= 15 is 0 Å². The van der Waals surface area contributed by atoms with Gasteiger partial charge in [-0.25, -0.2) is 4.98 Å². The van der Waals surface area contributed by atoms with E-state index < -0.39 is 12.1 Å². The molecule has 4 N–H and O–H groups in total. The quantitative estimate of drug-likeness (QED) is 0.561. The van der Waals surface area contributed by atoms with Crippen LogP contribution in [0, 0.1) is 0 Å². The molecule has 0 saturated heterocycles. The summed E-state index contributed by atoms with van der Waals surface area (Å²) in [6.45, 7) is 1.16. The molecule has 0 saturated carbocycles. The van der Waals surface area contributed by atoms with Crippen molar-refractivity contribution in [3.8, 4) is 0 Å². The first kappa shape index (κ1) is 15.1. The van der Waals surface area contributed by atoms with E-state index in [1.54, 1.807) is 10.8 Å². The molecular weight excluding hydrogens is 252 g/mol. The molecule has 19 heavy (non-hydrogen) atoms. The Morgan fingerprint density at radius 1 is 1.63 bits per heavy atom. The number of nitrogens with zero attached hydrogens (tertiary/aromatic N) is 2. The van der Waals surface area contributed by atoms with Gasteiger partial charge in [0.15, 0.2) is 0 Å². The van der Waals surface area contributed by atoms with Crippen molar-refractivity contribution in [3.63, 3.8) is 0 Å². The third-order valence-corrected chi connectivity index (χ3v) is 2.48. The molecule has 1 aromatic rings. The Kier molecular flexibility index (Phi) is 5.97. The van der Waals surface area contributed by atoms with E-state index in [4.69, 9.17) is 15.6 Å². The zero-order valence-electron chi connectivity index (χ0n) is 10.7. The molecule has 106 valence electrons. The Hall–Kier alpha value is -1.93. The van der Waals surface area contributed by atoms with E-state index in [1.165, 1.54) is 13.4 Å². The molecule has 1 heterocycles. The summed E-state index contributed by atoms with van der Waals surface area (Å²) in [5.74, 6) is -1.35. The highest BCUT2D eigenvalue weighted by molar-refractivity contribution is 5.92. The van der Waals surface area contributed by atoms with Crippen LogP contribution in [0.25, 0.3) is 0 Å². The van der Waals surface area contributed by atoms with Gasteiger partial charge in [-0.2, -0.15) is 0 Å². The Morgan fingerprint density at radius 2 is 2.37 bits per heavy atom. The van der Waals surface area contributed by atoms with Gasteiger partial charge >= 0.3 is 5.97 Å². The molecule has 0 aromatic carbocycles. The van der Waals surface area contributed by atoms with Crippen LogP contribution >= 0.6 is 0 Å². The molecule has 1 rings (SSSR count). The third-order valence-electron chi connectivity index (χ3n) is 2.48. The first-order valence-corrected chi connectivity index (χ1v) is 5.81. The minimum Gasteiger partial charge on any atom is -0.481 e. The summed E-state index contributed by atoms with van der Waals surface area (Å²) in [4.78, 5) is 26.2. The molecule has 8 nitrogen and oxygen atoms in total. The maximum absolute atomic E-state index is 11.7. The van der Waals surface area contributed by atoms with Crippen LogP contribution < -0.4 is 11.1 Å². The van der Waals surface area contributed by atoms with Gasteiger partial charge in [-0.05, 0) is 0 Å². The number of rotatable bonds is 8. The normalized spacial score (nSPS) is 12.1. The van der Waals surface area contributed by atoms with Crippen molar-refractivity contribution in [2.24, 2.45) is 5.73 Å². The predicted octanol–water partition coefficient (Wildman–Crippen LogP) is -0.939. The Morgan fingerprint density at radius 3 is 2.95 bits per heavy atom. The zero-order chi connectivity index (χ0) is 14.3. The molecule has 0 aliphatic carbocycles. The molecular formula is C11H18N4O4. The maximum atomic E-state index is 11.7. The number of methoxy groups -OCH3 is 1. The number of aliphatic carboxylic acids is 1. The summed E-state index contributed by atoms with van der Waals surface area (Å²) < 4.78 is 6.66. The second-order valence-corrected chi connectivity index (χ2v) is 3.95. The van der Waals surface area contributed by atoms with Gasteiger partial charge in [0.05, 0.1) is 18.9 Å². The molecule has 0 fully saturated rings. The number of amides is 1. The van der Waals surface area contributed by atoms with E-state index in [2.05, 4.69) is 10.3 Å². The first-order chi connectivity index (χ1) is 9.06. The van der Waals surface area contributed by atoms with Gasteiger partial charge < -0.3 is 25.5 Å². The highest BCUT2D eigenvalue weighted by atomic mass is 16.5. The molecule has 0 bridgehead atoms. The number of nitrogens with two attached hydrogens (primary N) is 1. The number of carboxylic acids is 1. The smallest absolute Gasteiger partial charge is 0.306 e. The fraction of sp³-hybridized carbons (Fsp3) is 0.545. The lowest BCUT2D eigenvalue weighted by Gasteiger charge is -2.13. The number of carbonyl (C=O) groups is 2. The second kappa shape index (κ2) is 7.49. The van der Waals surface area contributed by atoms with Gasteiger partial charge in [-0.15, -0.1) is 0 Å². The maximum Gasteiger partial charge on any atom is 0.306 e. The van der Waals surface area contributed by atoms with Gasteiger partial charge in [-0.1, -0.05) is 0 Å². The van der Waals surface area contributed by atoms with Crippen LogP contribution in [0.1, 0.15) is 16.9 Å². The van der Waals surface area contributed by atoms with E-state index in [-0.39, 0.29) is 24.6 Å². The van der Waals surface area contributed by atoms with Crippen molar-refractivity contribution < 1.29 is 19.4 Å². The molecule has 1 unspecified atom stereocenters. The van der Waals surface area contributed by atoms with Gasteiger partial charge in [0, 0.05) is 32.9 Å². The molecule has 0 aliphatic rings. The average molecular weight is 270 g/mol. The Bertz CT molecular complexity index is 432. The number of imidazole rings is 1. The van der Waals surface area contributed by atoms with Gasteiger partial charge in [0.25, 0.3) is 5.91 Å². The van der Waals surface area contributed by atoms with E-state index in [1.807, 2.05) is 0 Å². The SMILES string of the molecule is COC(CNC(=O)c1cn(CCN)cn1)CC(=O)O. The van der Waals surface area contributed by atoms with E-state index in [0.717, 1.165) is 0 Å². The lowest BCUT2D eigenvalue weighted by molar-refractivity contribution is -0.139. The van der Waals surface area contributed by atoms with Crippen molar-refractivity contribution in [2.45, 2.75) is 19.1 Å². The van der Waals surface area contributed by atoms with Crippen LogP contribution in [0.4, 0.5) is 0 Å². The highest BCUT2D eigenvalue weighted by Crippen LogP contribution is 1.99. The standard InChI is InChI=1S/C11H18N4O4/c1-19-8(4-10(16)17)5-13-11(18)9-6-15(3-2-12)7-14-9/h6-8H,2-5,12H2,1H3,(H,13,18)(H,16,17). The second-order valence-electron chi connectivity index (χ2n) is 3.95. The molecule has 1 atom stereocenters. The highest BCUT2D eigenvalue weighted by Gasteiger charge is 2.15. The summed E-state index contributed by atoms with van der Waals surface area (Å²) in [6, 6.07) is 0. The van der Waals surface area contributed by atoms with Crippen molar-refractivity contribution in [1.29, 1.82) is 0 Å². The number of aromatic nitrogens is 2. The fourth-order valence-corrected chi connectivity index (χ4v) is 1.48. The molecule has 0 aliphatic heterocycles. The van der Waals surface area contributed by atoms with Gasteiger partial charge in [0.2, 0.25) is 0 Å². The summed E-state index contributed by atoms with van der Waals surface area (Å²) in [5, 5.41) is 11.2. The minimum atomic E-state index is -0.978. The van der Waals surface area contributed by atoms with Crippen LogP contribution in [-0.4, -0.2) is 52.8 Å². The third kappa shape index (κ3) is 5.06. The van der Waals surface area contributed by atoms with Crippen LogP contribution in [0.5, 0.6) is 0 Å². The number of nitrogens with one attached hydrogen (secondary N) is 1. The van der Waals surface area contributed by atoms with Crippen molar-refractivity contribution in [3.05, 3.63) is 18.2 Å². The lowest BCUT2D eigenvalue weighted by atomic mass is 10.2. The van der Waals surface area contributed by atoms with Crippen molar-refractivity contribution in [2.75, 3.05) is 20.2 Å². The van der Waals surface area contributed by atoms with E-state index in [0.29, 0.717) is 13.1 Å². The number of carbonyl (C=O) groups excluding carboxylic acids is 1. The number of carboxylic acid groups (broad SMARTS) is 1. The van der Waals surface area contributed by atoms with Gasteiger partial charge in [0.1, 0.15) is 5.69 Å². The predicted molar refractivity (Wildman–Crippen MR) is 66.7 cm³/mol. The van der Waals surface area contributed by atoms with Crippen LogP contribution in [0.2, 0.25) is 0 Å². The monoisotopic (exact) mass is 270 g/mol. The number of ether oxygens (including phenoxy) is 1. The average Bonchev–Trinajstić information content (AvgIpc) is 2.82. The molecule has 0 radical (unpaired) electrons. The summed E-state index contributed by atoms with van der Waals surface area (Å²) in [7, 11) is 1.40. The lowest BCUT2D eigenvalue weighted by Crippen LogP contribution is -2.34. The summed E-state index contributed by atoms with van der Waals surface area (Å²) in [6.07, 6.45) is 2.37. The number of hydrogen-bond acceptors (Lipinski definition) is 5. The molecule has 1 aromatic heterocycles. The molecule has 8 heteroatoms. The van der Waals surface area contributed by atoms with Crippen LogP contribution in [0.15, 0.2) is 12.5 Å². The van der Waals surface area contributed by atoms with Crippen LogP contribution in [0.3, 0.4) is 0 Å². The van der Waals surface area contributed by atoms with E-state index in [9.17, 15) is 9.59 Å². The summed E-state index contributed by atoms with van der Waals surface area (Å²) in [5.41, 5.74) is 5.65. The largest absolute Gasteiger partial charge is 0.481 e. The number of hydrogen-bond donors (Lipinski definition) is 3. The Labute approximate surface area is 110 Å². The molecule has 1 amide bonds.